The summed E-state index contributed by atoms with van der Waals surface area (Å²) in [6.45, 7) is 7.05. The summed E-state index contributed by atoms with van der Waals surface area (Å²) in [5.74, 6) is -0.657. The second-order valence-corrected chi connectivity index (χ2v) is 6.26. The first-order valence-corrected chi connectivity index (χ1v) is 6.98. The average Bonchev–Trinajstić information content (AvgIpc) is 3.04. The third kappa shape index (κ3) is 3.62. The van der Waals surface area contributed by atoms with Gasteiger partial charge in [-0.1, -0.05) is 0 Å². The first-order valence-electron chi connectivity index (χ1n) is 6.98. The standard InChI is InChI=1S/C15H22N2O3/c1-10(14(19)20-15(2,3)4)16-13(18)12-6-5-9-17(12)11-7-8-11/h5-6,9-11H,7-8H2,1-4H3,(H,16,18)/t10-/m0/s1. The zero-order valence-electron chi connectivity index (χ0n) is 12.5. The van der Waals surface area contributed by atoms with E-state index in [1.807, 2.05) is 16.8 Å². The van der Waals surface area contributed by atoms with Gasteiger partial charge in [0.25, 0.3) is 5.91 Å². The fourth-order valence-electron chi connectivity index (χ4n) is 1.98. The van der Waals surface area contributed by atoms with Crippen LogP contribution in [0.4, 0.5) is 0 Å². The van der Waals surface area contributed by atoms with Gasteiger partial charge in [0.05, 0.1) is 0 Å². The number of nitrogens with one attached hydrogen (secondary N) is 1. The Bertz CT molecular complexity index is 509. The summed E-state index contributed by atoms with van der Waals surface area (Å²) in [6, 6.07) is 3.40. The number of esters is 1. The first kappa shape index (κ1) is 14.6. The molecule has 1 fully saturated rings. The number of carbonyl (C=O) groups excluding carboxylic acids is 2. The van der Waals surface area contributed by atoms with Gasteiger partial charge in [-0.05, 0) is 52.7 Å². The van der Waals surface area contributed by atoms with Crippen molar-refractivity contribution in [2.45, 2.75) is 58.2 Å². The lowest BCUT2D eigenvalue weighted by atomic mass is 10.2. The van der Waals surface area contributed by atoms with Gasteiger partial charge in [0.1, 0.15) is 17.3 Å². The molecule has 5 nitrogen and oxygen atoms in total. The van der Waals surface area contributed by atoms with E-state index in [0.29, 0.717) is 11.7 Å². The number of ether oxygens (including phenoxy) is 1. The van der Waals surface area contributed by atoms with Crippen LogP contribution in [0.5, 0.6) is 0 Å². The molecule has 20 heavy (non-hydrogen) atoms. The molecule has 0 radical (unpaired) electrons. The minimum atomic E-state index is -0.663. The van der Waals surface area contributed by atoms with Crippen molar-refractivity contribution < 1.29 is 14.3 Å². The minimum absolute atomic E-state index is 0.236. The van der Waals surface area contributed by atoms with Crippen molar-refractivity contribution in [1.82, 2.24) is 9.88 Å². The molecule has 0 aromatic carbocycles. The van der Waals surface area contributed by atoms with E-state index in [0.717, 1.165) is 12.8 Å². The Balaban J connectivity index is 1.97. The Morgan fingerprint density at radius 1 is 1.40 bits per heavy atom. The maximum atomic E-state index is 12.2. The second-order valence-electron chi connectivity index (χ2n) is 6.26. The van der Waals surface area contributed by atoms with Crippen LogP contribution in [0.25, 0.3) is 0 Å². The minimum Gasteiger partial charge on any atom is -0.458 e. The van der Waals surface area contributed by atoms with Gasteiger partial charge in [0.2, 0.25) is 0 Å². The number of nitrogens with zero attached hydrogens (tertiary/aromatic N) is 1. The predicted molar refractivity (Wildman–Crippen MR) is 75.5 cm³/mol. The molecule has 1 aromatic heterocycles. The van der Waals surface area contributed by atoms with Crippen LogP contribution < -0.4 is 5.32 Å². The zero-order valence-corrected chi connectivity index (χ0v) is 12.5. The van der Waals surface area contributed by atoms with Crippen molar-refractivity contribution in [3.8, 4) is 0 Å². The first-order chi connectivity index (χ1) is 9.28. The summed E-state index contributed by atoms with van der Waals surface area (Å²) in [4.78, 5) is 24.1. The van der Waals surface area contributed by atoms with E-state index < -0.39 is 17.6 Å². The Hall–Kier alpha value is -1.78. The number of aromatic nitrogens is 1. The van der Waals surface area contributed by atoms with Gasteiger partial charge < -0.3 is 14.6 Å². The maximum Gasteiger partial charge on any atom is 0.328 e. The second kappa shape index (κ2) is 5.31. The lowest BCUT2D eigenvalue weighted by molar-refractivity contribution is -0.156. The fourth-order valence-corrected chi connectivity index (χ4v) is 1.98. The number of carbonyl (C=O) groups is 2. The van der Waals surface area contributed by atoms with Crippen LogP contribution in [0.15, 0.2) is 18.3 Å². The Morgan fingerprint density at radius 2 is 2.05 bits per heavy atom. The number of rotatable bonds is 4. The highest BCUT2D eigenvalue weighted by molar-refractivity contribution is 5.95. The van der Waals surface area contributed by atoms with E-state index >= 15 is 0 Å². The van der Waals surface area contributed by atoms with Crippen LogP contribution in [0.1, 0.15) is 57.1 Å². The van der Waals surface area contributed by atoms with Crippen LogP contribution in [-0.4, -0.2) is 28.1 Å². The topological polar surface area (TPSA) is 60.3 Å². The summed E-state index contributed by atoms with van der Waals surface area (Å²) in [5, 5.41) is 2.69. The van der Waals surface area contributed by atoms with E-state index in [-0.39, 0.29) is 5.91 Å². The van der Waals surface area contributed by atoms with E-state index in [1.54, 1.807) is 33.8 Å². The van der Waals surface area contributed by atoms with Crippen LogP contribution >= 0.6 is 0 Å². The number of hydrogen-bond acceptors (Lipinski definition) is 3. The zero-order chi connectivity index (χ0) is 14.9. The highest BCUT2D eigenvalue weighted by Crippen LogP contribution is 2.35. The normalized spacial score (nSPS) is 16.6. The molecule has 1 aromatic rings. The van der Waals surface area contributed by atoms with Gasteiger partial charge in [0, 0.05) is 12.2 Å². The summed E-state index contributed by atoms with van der Waals surface area (Å²) < 4.78 is 7.22. The molecule has 1 atom stereocenters. The molecule has 1 heterocycles. The van der Waals surface area contributed by atoms with Crippen LogP contribution in [0.2, 0.25) is 0 Å². The summed E-state index contributed by atoms with van der Waals surface area (Å²) in [7, 11) is 0. The van der Waals surface area contributed by atoms with Gasteiger partial charge in [0.15, 0.2) is 0 Å². The lowest BCUT2D eigenvalue weighted by Gasteiger charge is -2.22. The van der Waals surface area contributed by atoms with Gasteiger partial charge in [-0.3, -0.25) is 4.79 Å². The Kier molecular flexibility index (Phi) is 3.88. The molecule has 1 saturated carbocycles. The van der Waals surface area contributed by atoms with Gasteiger partial charge in [-0.15, -0.1) is 0 Å². The SMILES string of the molecule is C[C@H](NC(=O)c1cccn1C1CC1)C(=O)OC(C)(C)C. The third-order valence-electron chi connectivity index (χ3n) is 3.06. The third-order valence-corrected chi connectivity index (χ3v) is 3.06. The highest BCUT2D eigenvalue weighted by atomic mass is 16.6. The summed E-state index contributed by atoms with van der Waals surface area (Å²) >= 11 is 0. The van der Waals surface area contributed by atoms with E-state index in [4.69, 9.17) is 4.74 Å². The van der Waals surface area contributed by atoms with Crippen molar-refractivity contribution in [2.24, 2.45) is 0 Å². The predicted octanol–water partition coefficient (Wildman–Crippen LogP) is 2.28. The maximum absolute atomic E-state index is 12.2. The molecule has 1 N–H and O–H groups in total. The molecular formula is C15H22N2O3. The van der Waals surface area contributed by atoms with Crippen LogP contribution in [0, 0.1) is 0 Å². The molecule has 1 aliphatic rings. The van der Waals surface area contributed by atoms with Gasteiger partial charge in [-0.25, -0.2) is 4.79 Å². The Morgan fingerprint density at radius 3 is 2.60 bits per heavy atom. The average molecular weight is 278 g/mol. The smallest absolute Gasteiger partial charge is 0.328 e. The highest BCUT2D eigenvalue weighted by Gasteiger charge is 2.28. The van der Waals surface area contributed by atoms with Crippen molar-refractivity contribution in [2.75, 3.05) is 0 Å². The largest absolute Gasteiger partial charge is 0.458 e. The molecule has 0 spiro atoms. The van der Waals surface area contributed by atoms with Crippen LogP contribution in [0.3, 0.4) is 0 Å². The molecule has 0 unspecified atom stereocenters. The van der Waals surface area contributed by atoms with E-state index in [1.165, 1.54) is 0 Å². The molecule has 0 bridgehead atoms. The van der Waals surface area contributed by atoms with Gasteiger partial charge in [-0.2, -0.15) is 0 Å². The van der Waals surface area contributed by atoms with Crippen molar-refractivity contribution in [3.05, 3.63) is 24.0 Å². The number of hydrogen-bond donors (Lipinski definition) is 1. The fraction of sp³-hybridized carbons (Fsp3) is 0.600. The van der Waals surface area contributed by atoms with Gasteiger partial charge >= 0.3 is 5.97 Å². The van der Waals surface area contributed by atoms with E-state index in [2.05, 4.69) is 5.32 Å². The molecular weight excluding hydrogens is 256 g/mol. The number of amides is 1. The monoisotopic (exact) mass is 278 g/mol. The van der Waals surface area contributed by atoms with Crippen LogP contribution in [-0.2, 0) is 9.53 Å². The van der Waals surface area contributed by atoms with Crippen molar-refractivity contribution in [3.63, 3.8) is 0 Å². The molecule has 2 rings (SSSR count). The molecule has 0 aliphatic heterocycles. The molecule has 1 aliphatic carbocycles. The molecule has 1 amide bonds. The van der Waals surface area contributed by atoms with Crippen molar-refractivity contribution >= 4 is 11.9 Å². The summed E-state index contributed by atoms with van der Waals surface area (Å²) in [5.41, 5.74) is 0.0486. The molecule has 5 heteroatoms. The quantitative estimate of drug-likeness (QED) is 0.860. The Labute approximate surface area is 119 Å². The molecule has 110 valence electrons. The van der Waals surface area contributed by atoms with Crippen molar-refractivity contribution in [1.29, 1.82) is 0 Å². The molecule has 0 saturated heterocycles. The lowest BCUT2D eigenvalue weighted by Crippen LogP contribution is -2.42. The van der Waals surface area contributed by atoms with E-state index in [9.17, 15) is 9.59 Å². The summed E-state index contributed by atoms with van der Waals surface area (Å²) in [6.07, 6.45) is 4.12.